The molecule has 0 unspecified atom stereocenters. The number of nitrogens with zero attached hydrogens (tertiary/aromatic N) is 1. The highest BCUT2D eigenvalue weighted by molar-refractivity contribution is 5.85. The normalized spacial score (nSPS) is 9.67. The first kappa shape index (κ1) is 16.9. The molecule has 0 saturated heterocycles. The largest absolute Gasteiger partial charge is 0.345 e. The van der Waals surface area contributed by atoms with Gasteiger partial charge < -0.3 is 10.2 Å². The number of carbonyl (C=O) groups excluding carboxylic acids is 1. The van der Waals surface area contributed by atoms with Crippen molar-refractivity contribution < 1.29 is 4.79 Å². The average Bonchev–Trinajstić information content (AvgIpc) is 2.37. The molecule has 1 aromatic rings. The minimum atomic E-state index is 0. The summed E-state index contributed by atoms with van der Waals surface area (Å²) in [6.45, 7) is 1.70. The van der Waals surface area contributed by atoms with Crippen molar-refractivity contribution in [2.45, 2.75) is 19.3 Å². The summed E-state index contributed by atoms with van der Waals surface area (Å²) in [5.74, 6) is 0.233. The number of hydrogen-bond acceptors (Lipinski definition) is 2. The van der Waals surface area contributed by atoms with Crippen LogP contribution in [0.2, 0.25) is 0 Å². The maximum absolute atomic E-state index is 11.7. The van der Waals surface area contributed by atoms with Crippen LogP contribution in [0.15, 0.2) is 30.3 Å². The van der Waals surface area contributed by atoms with E-state index in [4.69, 9.17) is 0 Å². The molecule has 1 N–H and O–H groups in total. The Balaban J connectivity index is 0.00000289. The van der Waals surface area contributed by atoms with E-state index in [1.165, 1.54) is 5.56 Å². The lowest BCUT2D eigenvalue weighted by Gasteiger charge is -2.17. The lowest BCUT2D eigenvalue weighted by molar-refractivity contribution is -0.129. The fraction of sp³-hybridized carbons (Fsp3) is 0.500. The molecule has 1 amide bonds. The topological polar surface area (TPSA) is 32.3 Å². The molecule has 3 nitrogen and oxygen atoms in total. The predicted octanol–water partition coefficient (Wildman–Crippen LogP) is 2.11. The molecule has 0 heterocycles. The van der Waals surface area contributed by atoms with Gasteiger partial charge >= 0.3 is 0 Å². The SMILES string of the molecule is CNCCCC(=O)N(C)CCc1ccccc1.Cl. The van der Waals surface area contributed by atoms with E-state index in [1.807, 2.05) is 37.2 Å². The average molecular weight is 271 g/mol. The van der Waals surface area contributed by atoms with Gasteiger partial charge in [0.25, 0.3) is 0 Å². The molecular formula is C14H23ClN2O. The Bertz CT molecular complexity index is 330. The van der Waals surface area contributed by atoms with Crippen LogP contribution in [0.25, 0.3) is 0 Å². The molecule has 102 valence electrons. The third-order valence-electron chi connectivity index (χ3n) is 2.82. The highest BCUT2D eigenvalue weighted by Gasteiger charge is 2.07. The Kier molecular flexibility index (Phi) is 9.33. The van der Waals surface area contributed by atoms with E-state index in [0.29, 0.717) is 6.42 Å². The second-order valence-corrected chi connectivity index (χ2v) is 4.26. The molecule has 0 saturated carbocycles. The first-order valence-corrected chi connectivity index (χ1v) is 6.16. The molecule has 0 aromatic heterocycles. The summed E-state index contributed by atoms with van der Waals surface area (Å²) >= 11 is 0. The molecule has 0 spiro atoms. The summed E-state index contributed by atoms with van der Waals surface area (Å²) in [5, 5.41) is 3.05. The van der Waals surface area contributed by atoms with Crippen LogP contribution in [0, 0.1) is 0 Å². The molecule has 0 aliphatic heterocycles. The molecule has 0 bridgehead atoms. The van der Waals surface area contributed by atoms with Crippen LogP contribution < -0.4 is 5.32 Å². The second-order valence-electron chi connectivity index (χ2n) is 4.26. The van der Waals surface area contributed by atoms with E-state index < -0.39 is 0 Å². The third-order valence-corrected chi connectivity index (χ3v) is 2.82. The first-order valence-electron chi connectivity index (χ1n) is 6.16. The fourth-order valence-electron chi connectivity index (χ4n) is 1.67. The van der Waals surface area contributed by atoms with Gasteiger partial charge in [-0.3, -0.25) is 4.79 Å². The van der Waals surface area contributed by atoms with Gasteiger partial charge in [0, 0.05) is 20.0 Å². The molecule has 18 heavy (non-hydrogen) atoms. The highest BCUT2D eigenvalue weighted by Crippen LogP contribution is 2.02. The van der Waals surface area contributed by atoms with Crippen LogP contribution in [0.3, 0.4) is 0 Å². The highest BCUT2D eigenvalue weighted by atomic mass is 35.5. The summed E-state index contributed by atoms with van der Waals surface area (Å²) in [5.41, 5.74) is 1.28. The lowest BCUT2D eigenvalue weighted by Crippen LogP contribution is -2.29. The van der Waals surface area contributed by atoms with E-state index in [0.717, 1.165) is 25.9 Å². The quantitative estimate of drug-likeness (QED) is 0.770. The summed E-state index contributed by atoms with van der Waals surface area (Å²) in [6, 6.07) is 10.3. The predicted molar refractivity (Wildman–Crippen MR) is 78.2 cm³/mol. The van der Waals surface area contributed by atoms with Crippen molar-refractivity contribution in [2.75, 3.05) is 27.2 Å². The summed E-state index contributed by atoms with van der Waals surface area (Å²) in [7, 11) is 3.79. The summed E-state index contributed by atoms with van der Waals surface area (Å²) < 4.78 is 0. The first-order chi connectivity index (χ1) is 8.24. The number of nitrogens with one attached hydrogen (secondary N) is 1. The molecule has 0 aliphatic carbocycles. The monoisotopic (exact) mass is 270 g/mol. The Morgan fingerprint density at radius 3 is 2.56 bits per heavy atom. The second kappa shape index (κ2) is 9.92. The van der Waals surface area contributed by atoms with Gasteiger partial charge in [0.05, 0.1) is 0 Å². The Labute approximate surface area is 116 Å². The number of likely N-dealkylation sites (N-methyl/N-ethyl adjacent to an activating group) is 1. The molecule has 1 rings (SSSR count). The van der Waals surface area contributed by atoms with E-state index in [-0.39, 0.29) is 18.3 Å². The van der Waals surface area contributed by atoms with Crippen LogP contribution in [0.1, 0.15) is 18.4 Å². The Hall–Kier alpha value is -1.06. The number of amides is 1. The van der Waals surface area contributed by atoms with Crippen LogP contribution >= 0.6 is 12.4 Å². The zero-order valence-electron chi connectivity index (χ0n) is 11.2. The number of benzene rings is 1. The van der Waals surface area contributed by atoms with Crippen LogP contribution in [-0.2, 0) is 11.2 Å². The van der Waals surface area contributed by atoms with Crippen molar-refractivity contribution in [1.29, 1.82) is 0 Å². The zero-order chi connectivity index (χ0) is 12.5. The van der Waals surface area contributed by atoms with E-state index in [2.05, 4.69) is 17.4 Å². The minimum Gasteiger partial charge on any atom is -0.345 e. The van der Waals surface area contributed by atoms with E-state index in [1.54, 1.807) is 0 Å². The standard InChI is InChI=1S/C14H22N2O.ClH/c1-15-11-6-9-14(17)16(2)12-10-13-7-4-3-5-8-13;/h3-5,7-8,15H,6,9-12H2,1-2H3;1H. The Morgan fingerprint density at radius 2 is 1.94 bits per heavy atom. The van der Waals surface area contributed by atoms with Crippen LogP contribution in [-0.4, -0.2) is 38.0 Å². The van der Waals surface area contributed by atoms with Gasteiger partial charge in [0.1, 0.15) is 0 Å². The number of hydrogen-bond donors (Lipinski definition) is 1. The van der Waals surface area contributed by atoms with Crippen LogP contribution in [0.4, 0.5) is 0 Å². The van der Waals surface area contributed by atoms with Gasteiger partial charge in [-0.15, -0.1) is 12.4 Å². The molecule has 0 aliphatic rings. The molecule has 0 fully saturated rings. The summed E-state index contributed by atoms with van der Waals surface area (Å²) in [6.07, 6.45) is 2.46. The Morgan fingerprint density at radius 1 is 1.28 bits per heavy atom. The van der Waals surface area contributed by atoms with Crippen molar-refractivity contribution in [3.63, 3.8) is 0 Å². The molecular weight excluding hydrogens is 248 g/mol. The number of halogens is 1. The molecule has 1 aromatic carbocycles. The summed E-state index contributed by atoms with van der Waals surface area (Å²) in [4.78, 5) is 13.6. The number of carbonyl (C=O) groups is 1. The molecule has 4 heteroatoms. The van der Waals surface area contributed by atoms with Crippen molar-refractivity contribution >= 4 is 18.3 Å². The van der Waals surface area contributed by atoms with Crippen molar-refractivity contribution in [3.05, 3.63) is 35.9 Å². The van der Waals surface area contributed by atoms with Gasteiger partial charge in [-0.25, -0.2) is 0 Å². The van der Waals surface area contributed by atoms with Gasteiger partial charge in [-0.1, -0.05) is 30.3 Å². The third kappa shape index (κ3) is 6.62. The van der Waals surface area contributed by atoms with Crippen LogP contribution in [0.5, 0.6) is 0 Å². The van der Waals surface area contributed by atoms with Gasteiger partial charge in [-0.2, -0.15) is 0 Å². The van der Waals surface area contributed by atoms with Crippen molar-refractivity contribution in [3.8, 4) is 0 Å². The van der Waals surface area contributed by atoms with Gasteiger partial charge in [0.2, 0.25) is 5.91 Å². The lowest BCUT2D eigenvalue weighted by atomic mass is 10.1. The van der Waals surface area contributed by atoms with E-state index >= 15 is 0 Å². The van der Waals surface area contributed by atoms with Crippen molar-refractivity contribution in [1.82, 2.24) is 10.2 Å². The maximum Gasteiger partial charge on any atom is 0.222 e. The van der Waals surface area contributed by atoms with E-state index in [9.17, 15) is 4.79 Å². The molecule has 0 radical (unpaired) electrons. The molecule has 0 atom stereocenters. The van der Waals surface area contributed by atoms with Gasteiger partial charge in [-0.05, 0) is 32.0 Å². The zero-order valence-corrected chi connectivity index (χ0v) is 12.0. The maximum atomic E-state index is 11.7. The number of rotatable bonds is 7. The van der Waals surface area contributed by atoms with Crippen molar-refractivity contribution in [2.24, 2.45) is 0 Å². The fourth-order valence-corrected chi connectivity index (χ4v) is 1.67. The van der Waals surface area contributed by atoms with Gasteiger partial charge in [0.15, 0.2) is 0 Å². The smallest absolute Gasteiger partial charge is 0.222 e. The minimum absolute atomic E-state index is 0.